The molecule has 0 spiro atoms. The highest BCUT2D eigenvalue weighted by Crippen LogP contribution is 2.30. The Balaban J connectivity index is 1.49. The zero-order chi connectivity index (χ0) is 17.9. The Bertz CT molecular complexity index is 962. The van der Waals surface area contributed by atoms with Crippen molar-refractivity contribution in [2.75, 3.05) is 6.79 Å². The summed E-state index contributed by atoms with van der Waals surface area (Å²) in [6.07, 6.45) is 0.156. The molecule has 1 aliphatic rings. The number of carbonyl (C=O) groups excluding carboxylic acids is 1. The van der Waals surface area contributed by atoms with Crippen molar-refractivity contribution in [1.82, 2.24) is 0 Å². The molecule has 0 radical (unpaired) electrons. The van der Waals surface area contributed by atoms with Gasteiger partial charge in [-0.1, -0.05) is 42.5 Å². The largest absolute Gasteiger partial charge is 0.467 e. The van der Waals surface area contributed by atoms with Crippen LogP contribution < -0.4 is 4.74 Å². The summed E-state index contributed by atoms with van der Waals surface area (Å²) in [4.78, 5) is 12.3. The molecule has 0 unspecified atom stereocenters. The van der Waals surface area contributed by atoms with E-state index >= 15 is 0 Å². The van der Waals surface area contributed by atoms with E-state index in [4.69, 9.17) is 14.2 Å². The molecule has 3 aromatic rings. The Kier molecular flexibility index (Phi) is 4.54. The van der Waals surface area contributed by atoms with Gasteiger partial charge in [0.2, 0.25) is 0 Å². The number of ether oxygens (including phenoxy) is 3. The van der Waals surface area contributed by atoms with Gasteiger partial charge in [0, 0.05) is 11.1 Å². The summed E-state index contributed by atoms with van der Waals surface area (Å²) in [5.74, 6) is -0.236. The van der Waals surface area contributed by atoms with E-state index < -0.39 is 5.82 Å². The minimum absolute atomic E-state index is 0.0380. The van der Waals surface area contributed by atoms with Crippen LogP contribution in [0.3, 0.4) is 0 Å². The first-order valence-corrected chi connectivity index (χ1v) is 8.35. The monoisotopic (exact) mass is 352 g/mol. The number of hydrogen-bond donors (Lipinski definition) is 0. The number of benzene rings is 3. The molecule has 26 heavy (non-hydrogen) atoms. The number of carbonyl (C=O) groups is 1. The third kappa shape index (κ3) is 3.39. The van der Waals surface area contributed by atoms with Gasteiger partial charge in [-0.15, -0.1) is 0 Å². The number of hydrogen-bond acceptors (Lipinski definition) is 4. The molecule has 1 heterocycles. The van der Waals surface area contributed by atoms with E-state index in [2.05, 4.69) is 0 Å². The lowest BCUT2D eigenvalue weighted by molar-refractivity contribution is -0.144. The highest BCUT2D eigenvalue weighted by atomic mass is 19.1. The van der Waals surface area contributed by atoms with Gasteiger partial charge in [0.1, 0.15) is 18.2 Å². The van der Waals surface area contributed by atoms with E-state index in [0.717, 1.165) is 16.3 Å². The molecular weight excluding hydrogens is 335 g/mol. The number of fused-ring (bicyclic) bond motifs is 2. The molecule has 0 N–H and O–H groups in total. The van der Waals surface area contributed by atoms with Crippen molar-refractivity contribution in [3.63, 3.8) is 0 Å². The molecular formula is C21H17FO4. The van der Waals surface area contributed by atoms with Crippen molar-refractivity contribution in [3.05, 3.63) is 77.1 Å². The van der Waals surface area contributed by atoms with E-state index in [1.54, 1.807) is 0 Å². The van der Waals surface area contributed by atoms with Crippen LogP contribution in [-0.2, 0) is 33.9 Å². The molecule has 1 aliphatic heterocycles. The molecule has 0 amide bonds. The van der Waals surface area contributed by atoms with Gasteiger partial charge in [0.15, 0.2) is 6.79 Å². The Morgan fingerprint density at radius 2 is 1.92 bits per heavy atom. The van der Waals surface area contributed by atoms with Crippen LogP contribution in [0.4, 0.5) is 4.39 Å². The number of esters is 1. The van der Waals surface area contributed by atoms with Crippen molar-refractivity contribution in [1.29, 1.82) is 0 Å². The fraction of sp³-hybridized carbons (Fsp3) is 0.190. The number of rotatable bonds is 4. The zero-order valence-corrected chi connectivity index (χ0v) is 14.0. The van der Waals surface area contributed by atoms with Crippen LogP contribution in [0, 0.1) is 5.82 Å². The van der Waals surface area contributed by atoms with Crippen LogP contribution in [0.1, 0.15) is 16.7 Å². The summed E-state index contributed by atoms with van der Waals surface area (Å²) in [6.45, 7) is 0.351. The summed E-state index contributed by atoms with van der Waals surface area (Å²) in [5.41, 5.74) is 2.03. The van der Waals surface area contributed by atoms with E-state index in [0.29, 0.717) is 16.9 Å². The van der Waals surface area contributed by atoms with Crippen molar-refractivity contribution in [3.8, 4) is 5.75 Å². The second kappa shape index (κ2) is 7.14. The van der Waals surface area contributed by atoms with Gasteiger partial charge < -0.3 is 14.2 Å². The van der Waals surface area contributed by atoms with Crippen LogP contribution in [0.25, 0.3) is 10.8 Å². The van der Waals surface area contributed by atoms with E-state index in [1.807, 2.05) is 42.5 Å². The third-order valence-electron chi connectivity index (χ3n) is 4.36. The average Bonchev–Trinajstić information content (AvgIpc) is 2.66. The van der Waals surface area contributed by atoms with Crippen LogP contribution in [0.5, 0.6) is 5.75 Å². The molecule has 0 bridgehead atoms. The van der Waals surface area contributed by atoms with Crippen molar-refractivity contribution in [2.24, 2.45) is 0 Å². The van der Waals surface area contributed by atoms with Gasteiger partial charge >= 0.3 is 5.97 Å². The summed E-state index contributed by atoms with van der Waals surface area (Å²) >= 11 is 0. The summed E-state index contributed by atoms with van der Waals surface area (Å²) in [5, 5.41) is 2.10. The quantitative estimate of drug-likeness (QED) is 0.662. The molecule has 0 aliphatic carbocycles. The van der Waals surface area contributed by atoms with Crippen LogP contribution in [-0.4, -0.2) is 12.8 Å². The highest BCUT2D eigenvalue weighted by molar-refractivity contribution is 5.88. The fourth-order valence-electron chi connectivity index (χ4n) is 3.18. The predicted molar refractivity (Wildman–Crippen MR) is 94.1 cm³/mol. The summed E-state index contributed by atoms with van der Waals surface area (Å²) in [7, 11) is 0. The maximum absolute atomic E-state index is 13.7. The third-order valence-corrected chi connectivity index (χ3v) is 4.36. The standard InChI is InChI=1S/C21H17FO4/c22-18-8-16-11-24-13-26-21(16)17(9-18)12-25-20(23)10-15-6-3-5-14-4-1-2-7-19(14)15/h1-9H,10-13H2. The highest BCUT2D eigenvalue weighted by Gasteiger charge is 2.18. The van der Waals surface area contributed by atoms with Crippen molar-refractivity contribution in [2.45, 2.75) is 19.6 Å². The molecule has 3 aromatic carbocycles. The van der Waals surface area contributed by atoms with Gasteiger partial charge in [-0.3, -0.25) is 4.79 Å². The first-order chi connectivity index (χ1) is 12.7. The van der Waals surface area contributed by atoms with Crippen LogP contribution >= 0.6 is 0 Å². The predicted octanol–water partition coefficient (Wildman–Crippen LogP) is 4.13. The molecule has 0 atom stereocenters. The molecule has 4 rings (SSSR count). The summed E-state index contributed by atoms with van der Waals surface area (Å²) in [6, 6.07) is 16.4. The minimum Gasteiger partial charge on any atom is -0.467 e. The summed E-state index contributed by atoms with van der Waals surface area (Å²) < 4.78 is 29.7. The van der Waals surface area contributed by atoms with Gasteiger partial charge in [-0.25, -0.2) is 4.39 Å². The van der Waals surface area contributed by atoms with Crippen molar-refractivity contribution >= 4 is 16.7 Å². The molecule has 5 heteroatoms. The van der Waals surface area contributed by atoms with E-state index in [9.17, 15) is 9.18 Å². The van der Waals surface area contributed by atoms with Gasteiger partial charge in [-0.2, -0.15) is 0 Å². The maximum Gasteiger partial charge on any atom is 0.310 e. The van der Waals surface area contributed by atoms with E-state index in [-0.39, 0.29) is 32.4 Å². The van der Waals surface area contributed by atoms with Crippen molar-refractivity contribution < 1.29 is 23.4 Å². The number of halogens is 1. The SMILES string of the molecule is O=C(Cc1cccc2ccccc12)OCc1cc(F)cc2c1OCOC2. The Labute approximate surface area is 150 Å². The second-order valence-electron chi connectivity index (χ2n) is 6.14. The Morgan fingerprint density at radius 3 is 2.85 bits per heavy atom. The molecule has 4 nitrogen and oxygen atoms in total. The van der Waals surface area contributed by atoms with E-state index in [1.165, 1.54) is 12.1 Å². The maximum atomic E-state index is 13.7. The topological polar surface area (TPSA) is 44.8 Å². The first kappa shape index (κ1) is 16.5. The molecule has 0 fully saturated rings. The molecule has 132 valence electrons. The molecule has 0 aromatic heterocycles. The van der Waals surface area contributed by atoms with Gasteiger partial charge in [0.25, 0.3) is 0 Å². The fourth-order valence-corrected chi connectivity index (χ4v) is 3.18. The zero-order valence-electron chi connectivity index (χ0n) is 14.0. The first-order valence-electron chi connectivity index (χ1n) is 8.35. The Hall–Kier alpha value is -2.92. The van der Waals surface area contributed by atoms with Gasteiger partial charge in [-0.05, 0) is 28.5 Å². The second-order valence-corrected chi connectivity index (χ2v) is 6.14. The molecule has 0 saturated heterocycles. The molecule has 0 saturated carbocycles. The lowest BCUT2D eigenvalue weighted by Gasteiger charge is -2.20. The Morgan fingerprint density at radius 1 is 1.08 bits per heavy atom. The minimum atomic E-state index is -0.405. The van der Waals surface area contributed by atoms with Crippen LogP contribution in [0.2, 0.25) is 0 Å². The van der Waals surface area contributed by atoms with Gasteiger partial charge in [0.05, 0.1) is 13.0 Å². The van der Waals surface area contributed by atoms with Crippen LogP contribution in [0.15, 0.2) is 54.6 Å². The smallest absolute Gasteiger partial charge is 0.310 e. The normalized spacial score (nSPS) is 13.1. The average molecular weight is 352 g/mol. The lowest BCUT2D eigenvalue weighted by Crippen LogP contribution is -2.15. The lowest BCUT2D eigenvalue weighted by atomic mass is 10.0.